The van der Waals surface area contributed by atoms with Gasteiger partial charge >= 0.3 is 0 Å². The molecule has 0 amide bonds. The van der Waals surface area contributed by atoms with E-state index >= 15 is 0 Å². The Hall–Kier alpha value is -1.87. The molecular formula is C22H23ClO2. The van der Waals surface area contributed by atoms with Crippen LogP contribution in [0.2, 0.25) is 5.02 Å². The first-order chi connectivity index (χ1) is 12.1. The van der Waals surface area contributed by atoms with Gasteiger partial charge in [-0.3, -0.25) is 0 Å². The number of aryl methyl sites for hydroxylation is 1. The molecular weight excluding hydrogens is 332 g/mol. The zero-order valence-corrected chi connectivity index (χ0v) is 15.6. The Balaban J connectivity index is 1.90. The zero-order chi connectivity index (χ0) is 17.8. The minimum atomic E-state index is -0.334. The summed E-state index contributed by atoms with van der Waals surface area (Å²) in [6.07, 6.45) is 4.30. The zero-order valence-electron chi connectivity index (χ0n) is 14.8. The van der Waals surface area contributed by atoms with Gasteiger partial charge in [-0.05, 0) is 43.0 Å². The molecule has 2 aromatic carbocycles. The van der Waals surface area contributed by atoms with Crippen LogP contribution in [0.15, 0.2) is 66.3 Å². The van der Waals surface area contributed by atoms with Crippen LogP contribution in [0.4, 0.5) is 0 Å². The third-order valence-electron chi connectivity index (χ3n) is 4.33. The summed E-state index contributed by atoms with van der Waals surface area (Å²) in [4.78, 5) is 0. The van der Waals surface area contributed by atoms with Gasteiger partial charge in [0, 0.05) is 16.1 Å². The van der Waals surface area contributed by atoms with Crippen LogP contribution in [-0.2, 0) is 9.47 Å². The second kappa shape index (κ2) is 8.01. The predicted octanol–water partition coefficient (Wildman–Crippen LogP) is 6.46. The lowest BCUT2D eigenvalue weighted by molar-refractivity contribution is -0.374. The van der Waals surface area contributed by atoms with Crippen molar-refractivity contribution >= 4 is 17.2 Å². The van der Waals surface area contributed by atoms with Crippen molar-refractivity contribution in [3.63, 3.8) is 0 Å². The Morgan fingerprint density at radius 3 is 2.44 bits per heavy atom. The second-order valence-corrected chi connectivity index (χ2v) is 6.53. The Morgan fingerprint density at radius 1 is 1.12 bits per heavy atom. The molecule has 1 fully saturated rings. The van der Waals surface area contributed by atoms with Crippen molar-refractivity contribution in [1.29, 1.82) is 0 Å². The van der Waals surface area contributed by atoms with Crippen LogP contribution >= 0.6 is 11.6 Å². The van der Waals surface area contributed by atoms with E-state index in [0.29, 0.717) is 0 Å². The van der Waals surface area contributed by atoms with Crippen LogP contribution in [0.25, 0.3) is 5.57 Å². The van der Waals surface area contributed by atoms with Gasteiger partial charge in [0.05, 0.1) is 0 Å². The normalized spacial score (nSPS) is 21.1. The maximum Gasteiger partial charge on any atom is 0.190 e. The lowest BCUT2D eigenvalue weighted by atomic mass is 9.95. The summed E-state index contributed by atoms with van der Waals surface area (Å²) >= 11 is 6.50. The fraction of sp³-hybridized carbons (Fsp3) is 0.273. The monoisotopic (exact) mass is 354 g/mol. The van der Waals surface area contributed by atoms with Crippen molar-refractivity contribution in [3.8, 4) is 0 Å². The lowest BCUT2D eigenvalue weighted by Gasteiger charge is -2.38. The predicted molar refractivity (Wildman–Crippen MR) is 103 cm³/mol. The van der Waals surface area contributed by atoms with Crippen LogP contribution in [0.1, 0.15) is 43.2 Å². The molecule has 1 saturated heterocycles. The minimum absolute atomic E-state index is 0.298. The molecule has 0 aliphatic carbocycles. The van der Waals surface area contributed by atoms with Gasteiger partial charge in [0.15, 0.2) is 12.6 Å². The minimum Gasteiger partial charge on any atom is -0.315 e. The quantitative estimate of drug-likeness (QED) is 0.573. The first-order valence-corrected chi connectivity index (χ1v) is 9.00. The van der Waals surface area contributed by atoms with Crippen molar-refractivity contribution in [3.05, 3.63) is 88.0 Å². The third-order valence-corrected chi connectivity index (χ3v) is 4.64. The molecule has 0 atom stereocenters. The molecule has 0 bridgehead atoms. The molecule has 0 unspecified atom stereocenters. The smallest absolute Gasteiger partial charge is 0.190 e. The van der Waals surface area contributed by atoms with E-state index in [1.54, 1.807) is 0 Å². The molecule has 3 heteroatoms. The van der Waals surface area contributed by atoms with Crippen LogP contribution in [-0.4, -0.2) is 6.29 Å². The summed E-state index contributed by atoms with van der Waals surface area (Å²) in [6, 6.07) is 16.1. The number of benzene rings is 2. The van der Waals surface area contributed by atoms with Crippen LogP contribution in [0, 0.1) is 6.92 Å². The molecule has 25 heavy (non-hydrogen) atoms. The van der Waals surface area contributed by atoms with E-state index in [1.807, 2.05) is 56.3 Å². The highest BCUT2D eigenvalue weighted by Gasteiger charge is 2.35. The molecule has 1 aliphatic heterocycles. The molecule has 2 aromatic rings. The van der Waals surface area contributed by atoms with E-state index < -0.39 is 0 Å². The van der Waals surface area contributed by atoms with Gasteiger partial charge in [0.1, 0.15) is 0 Å². The third kappa shape index (κ3) is 3.87. The van der Waals surface area contributed by atoms with E-state index in [0.717, 1.165) is 39.3 Å². The van der Waals surface area contributed by atoms with Gasteiger partial charge in [0.2, 0.25) is 0 Å². The van der Waals surface area contributed by atoms with Gasteiger partial charge in [-0.2, -0.15) is 0 Å². The number of allylic oxidation sites excluding steroid dienone is 3. The number of halogens is 1. The standard InChI is InChI=1S/C22H23ClO2/c1-4-9-18(19-13-12-15(3)14-20(19)23)17(5-2)22-24-21(25-22)16-10-7-6-8-11-16/h4,6-14,21-22H,5H2,1-3H3/b9-4-,18-17-. The summed E-state index contributed by atoms with van der Waals surface area (Å²) < 4.78 is 12.1. The van der Waals surface area contributed by atoms with Gasteiger partial charge in [-0.1, -0.05) is 73.1 Å². The highest BCUT2D eigenvalue weighted by Crippen LogP contribution is 2.40. The number of rotatable bonds is 5. The molecule has 3 rings (SSSR count). The number of hydrogen-bond acceptors (Lipinski definition) is 2. The Kier molecular flexibility index (Phi) is 5.74. The largest absolute Gasteiger partial charge is 0.315 e. The molecule has 0 radical (unpaired) electrons. The maximum absolute atomic E-state index is 6.50. The molecule has 1 aliphatic rings. The number of hydrogen-bond donors (Lipinski definition) is 0. The summed E-state index contributed by atoms with van der Waals surface area (Å²) in [5, 5.41) is 0.748. The molecule has 1 heterocycles. The van der Waals surface area contributed by atoms with Crippen molar-refractivity contribution in [2.45, 2.75) is 39.8 Å². The first kappa shape index (κ1) is 17.9. The molecule has 0 aromatic heterocycles. The highest BCUT2D eigenvalue weighted by atomic mass is 35.5. The molecule has 130 valence electrons. The Bertz CT molecular complexity index is 787. The molecule has 0 spiro atoms. The van der Waals surface area contributed by atoms with Crippen molar-refractivity contribution in [2.75, 3.05) is 0 Å². The summed E-state index contributed by atoms with van der Waals surface area (Å²) in [5.41, 5.74) is 5.38. The van der Waals surface area contributed by atoms with Crippen molar-refractivity contribution in [1.82, 2.24) is 0 Å². The molecule has 0 saturated carbocycles. The van der Waals surface area contributed by atoms with Gasteiger partial charge in [-0.15, -0.1) is 0 Å². The fourth-order valence-electron chi connectivity index (χ4n) is 3.03. The van der Waals surface area contributed by atoms with Crippen LogP contribution in [0.5, 0.6) is 0 Å². The average Bonchev–Trinajstić information content (AvgIpc) is 2.57. The number of ether oxygens (including phenoxy) is 2. The second-order valence-electron chi connectivity index (χ2n) is 6.12. The summed E-state index contributed by atoms with van der Waals surface area (Å²) in [7, 11) is 0. The Labute approximate surface area is 154 Å². The fourth-order valence-corrected chi connectivity index (χ4v) is 3.36. The molecule has 2 nitrogen and oxygen atoms in total. The summed E-state index contributed by atoms with van der Waals surface area (Å²) in [5.74, 6) is 0. The van der Waals surface area contributed by atoms with Crippen molar-refractivity contribution < 1.29 is 9.47 Å². The van der Waals surface area contributed by atoms with Gasteiger partial charge in [0.25, 0.3) is 0 Å². The SMILES string of the molecule is C/C=C\C(=C(/CC)C1OC(c2ccccc2)O1)c1ccc(C)cc1Cl. The maximum atomic E-state index is 6.50. The van der Waals surface area contributed by atoms with Crippen LogP contribution < -0.4 is 0 Å². The Morgan fingerprint density at radius 2 is 1.84 bits per heavy atom. The van der Waals surface area contributed by atoms with Gasteiger partial charge in [-0.25, -0.2) is 0 Å². The lowest BCUT2D eigenvalue weighted by Crippen LogP contribution is -2.36. The summed E-state index contributed by atoms with van der Waals surface area (Å²) in [6.45, 7) is 6.16. The van der Waals surface area contributed by atoms with Crippen molar-refractivity contribution in [2.24, 2.45) is 0 Å². The first-order valence-electron chi connectivity index (χ1n) is 8.62. The van der Waals surface area contributed by atoms with E-state index in [4.69, 9.17) is 21.1 Å². The van der Waals surface area contributed by atoms with E-state index in [1.165, 1.54) is 0 Å². The molecule has 0 N–H and O–H groups in total. The topological polar surface area (TPSA) is 18.5 Å². The van der Waals surface area contributed by atoms with E-state index in [9.17, 15) is 0 Å². The van der Waals surface area contributed by atoms with E-state index in [2.05, 4.69) is 25.1 Å². The van der Waals surface area contributed by atoms with Gasteiger partial charge < -0.3 is 9.47 Å². The highest BCUT2D eigenvalue weighted by molar-refractivity contribution is 6.32. The average molecular weight is 355 g/mol. The van der Waals surface area contributed by atoms with Crippen LogP contribution in [0.3, 0.4) is 0 Å². The van der Waals surface area contributed by atoms with E-state index in [-0.39, 0.29) is 12.6 Å².